The number of nitrogens with one attached hydrogen (secondary N) is 1. The number of fused-ring (bicyclic) bond motifs is 1. The van der Waals surface area contributed by atoms with Crippen LogP contribution in [-0.4, -0.2) is 24.1 Å². The molecule has 2 aromatic rings. The van der Waals surface area contributed by atoms with E-state index in [9.17, 15) is 8.42 Å². The number of hydrogen-bond acceptors (Lipinski definition) is 5. The molecule has 0 saturated heterocycles. The number of anilines is 1. The van der Waals surface area contributed by atoms with E-state index in [1.54, 1.807) is 19.1 Å². The highest BCUT2D eigenvalue weighted by Crippen LogP contribution is 2.25. The Morgan fingerprint density at radius 3 is 2.50 bits per heavy atom. The average molecular weight is 345 g/mol. The molecule has 5 nitrogen and oxygen atoms in total. The molecule has 128 valence electrons. The summed E-state index contributed by atoms with van der Waals surface area (Å²) in [4.78, 5) is 9.49. The summed E-state index contributed by atoms with van der Waals surface area (Å²) in [5.41, 5.74) is 3.43. The maximum Gasteiger partial charge on any atom is 0.178 e. The zero-order chi connectivity index (χ0) is 17.2. The van der Waals surface area contributed by atoms with Crippen molar-refractivity contribution in [2.24, 2.45) is 0 Å². The first-order valence-electron chi connectivity index (χ1n) is 8.41. The van der Waals surface area contributed by atoms with E-state index in [4.69, 9.17) is 0 Å². The first-order valence-corrected chi connectivity index (χ1v) is 10.1. The van der Waals surface area contributed by atoms with Crippen LogP contribution in [0.5, 0.6) is 0 Å². The van der Waals surface area contributed by atoms with E-state index in [1.807, 2.05) is 19.1 Å². The summed E-state index contributed by atoms with van der Waals surface area (Å²) in [6.45, 7) is 4.20. The Morgan fingerprint density at radius 2 is 1.79 bits per heavy atom. The highest BCUT2D eigenvalue weighted by Gasteiger charge is 2.16. The Morgan fingerprint density at radius 1 is 1.08 bits per heavy atom. The minimum Gasteiger partial charge on any atom is -0.366 e. The summed E-state index contributed by atoms with van der Waals surface area (Å²) in [7, 11) is -3.14. The summed E-state index contributed by atoms with van der Waals surface area (Å²) in [5, 5.41) is 3.40. The van der Waals surface area contributed by atoms with Crippen LogP contribution in [0, 0.1) is 6.92 Å². The maximum atomic E-state index is 11.9. The number of nitrogens with zero attached hydrogens (tertiary/aromatic N) is 2. The second kappa shape index (κ2) is 6.89. The lowest BCUT2D eigenvalue weighted by molar-refractivity contribution is 0.597. The maximum absolute atomic E-state index is 11.9. The predicted octanol–water partition coefficient (Wildman–Crippen LogP) is 3.07. The van der Waals surface area contributed by atoms with Gasteiger partial charge in [0.25, 0.3) is 0 Å². The van der Waals surface area contributed by atoms with Gasteiger partial charge in [-0.3, -0.25) is 0 Å². The second-order valence-electron chi connectivity index (χ2n) is 6.15. The van der Waals surface area contributed by atoms with Crippen molar-refractivity contribution in [1.29, 1.82) is 0 Å². The molecule has 1 aliphatic carbocycles. The Labute approximate surface area is 143 Å². The predicted molar refractivity (Wildman–Crippen MR) is 94.9 cm³/mol. The van der Waals surface area contributed by atoms with Crippen molar-refractivity contribution in [1.82, 2.24) is 9.97 Å². The van der Waals surface area contributed by atoms with Crippen LogP contribution in [0.3, 0.4) is 0 Å². The fourth-order valence-electron chi connectivity index (χ4n) is 3.03. The van der Waals surface area contributed by atoms with Gasteiger partial charge in [0.2, 0.25) is 0 Å². The topological polar surface area (TPSA) is 72.0 Å². The minimum atomic E-state index is -3.14. The van der Waals surface area contributed by atoms with Gasteiger partial charge >= 0.3 is 0 Å². The number of benzene rings is 1. The second-order valence-corrected chi connectivity index (χ2v) is 8.43. The van der Waals surface area contributed by atoms with Crippen LogP contribution in [0.2, 0.25) is 0 Å². The summed E-state index contributed by atoms with van der Waals surface area (Å²) >= 11 is 0. The Bertz CT molecular complexity index is 830. The molecule has 0 radical (unpaired) electrons. The van der Waals surface area contributed by atoms with Gasteiger partial charge in [-0.05, 0) is 50.3 Å². The molecule has 1 N–H and O–H groups in total. The monoisotopic (exact) mass is 345 g/mol. The van der Waals surface area contributed by atoms with E-state index in [0.717, 1.165) is 30.0 Å². The van der Waals surface area contributed by atoms with Crippen LogP contribution in [0.4, 0.5) is 5.82 Å². The number of aromatic nitrogens is 2. The SMILES string of the molecule is CCS(=O)(=O)c1ccc(CNc2nc(C)nc3c2CCCC3)cc1. The van der Waals surface area contributed by atoms with Crippen LogP contribution in [0.15, 0.2) is 29.2 Å². The Hall–Kier alpha value is -1.95. The van der Waals surface area contributed by atoms with Crippen LogP contribution < -0.4 is 5.32 Å². The molecular weight excluding hydrogens is 322 g/mol. The zero-order valence-electron chi connectivity index (χ0n) is 14.2. The molecular formula is C18H23N3O2S. The molecule has 6 heteroatoms. The fourth-order valence-corrected chi connectivity index (χ4v) is 3.91. The van der Waals surface area contributed by atoms with Crippen molar-refractivity contribution in [3.8, 4) is 0 Å². The van der Waals surface area contributed by atoms with Crippen molar-refractivity contribution in [2.45, 2.75) is 51.0 Å². The van der Waals surface area contributed by atoms with Gasteiger partial charge in [-0.1, -0.05) is 19.1 Å². The molecule has 0 fully saturated rings. The lowest BCUT2D eigenvalue weighted by Gasteiger charge is -2.19. The normalized spacial score (nSPS) is 14.2. The number of aryl methyl sites for hydroxylation is 2. The van der Waals surface area contributed by atoms with Gasteiger partial charge in [-0.2, -0.15) is 0 Å². The lowest BCUT2D eigenvalue weighted by Crippen LogP contribution is -2.13. The van der Waals surface area contributed by atoms with Gasteiger partial charge in [0, 0.05) is 17.8 Å². The summed E-state index contributed by atoms with van der Waals surface area (Å²) in [6.07, 6.45) is 4.41. The van der Waals surface area contributed by atoms with Crippen LogP contribution in [0.1, 0.15) is 42.4 Å². The first-order chi connectivity index (χ1) is 11.5. The van der Waals surface area contributed by atoms with E-state index in [2.05, 4.69) is 15.3 Å². The van der Waals surface area contributed by atoms with E-state index in [-0.39, 0.29) is 5.75 Å². The molecule has 0 spiro atoms. The third-order valence-electron chi connectivity index (χ3n) is 4.42. The van der Waals surface area contributed by atoms with Gasteiger partial charge in [0.1, 0.15) is 11.6 Å². The van der Waals surface area contributed by atoms with Crippen molar-refractivity contribution < 1.29 is 8.42 Å². The molecule has 0 atom stereocenters. The van der Waals surface area contributed by atoms with Gasteiger partial charge in [-0.25, -0.2) is 18.4 Å². The molecule has 0 unspecified atom stereocenters. The molecule has 0 amide bonds. The fraction of sp³-hybridized carbons (Fsp3) is 0.444. The molecule has 3 rings (SSSR count). The Balaban J connectivity index is 1.76. The smallest absolute Gasteiger partial charge is 0.178 e. The van der Waals surface area contributed by atoms with E-state index < -0.39 is 9.84 Å². The average Bonchev–Trinajstić information content (AvgIpc) is 2.60. The third kappa shape index (κ3) is 3.59. The number of sulfone groups is 1. The van der Waals surface area contributed by atoms with Gasteiger partial charge in [0.15, 0.2) is 9.84 Å². The minimum absolute atomic E-state index is 0.122. The summed E-state index contributed by atoms with van der Waals surface area (Å²) < 4.78 is 23.7. The summed E-state index contributed by atoms with van der Waals surface area (Å²) in [6, 6.07) is 7.07. The lowest BCUT2D eigenvalue weighted by atomic mass is 9.96. The van der Waals surface area contributed by atoms with Crippen molar-refractivity contribution in [3.05, 3.63) is 46.9 Å². The van der Waals surface area contributed by atoms with E-state index in [0.29, 0.717) is 11.4 Å². The highest BCUT2D eigenvalue weighted by atomic mass is 32.2. The van der Waals surface area contributed by atoms with Crippen molar-refractivity contribution in [2.75, 3.05) is 11.1 Å². The number of hydrogen-bond donors (Lipinski definition) is 1. The molecule has 24 heavy (non-hydrogen) atoms. The molecule has 0 aliphatic heterocycles. The van der Waals surface area contributed by atoms with Crippen LogP contribution >= 0.6 is 0 Å². The molecule has 1 heterocycles. The van der Waals surface area contributed by atoms with Gasteiger partial charge in [-0.15, -0.1) is 0 Å². The molecule has 1 aliphatic rings. The standard InChI is InChI=1S/C18H23N3O2S/c1-3-24(22,23)15-10-8-14(9-11-15)12-19-18-16-6-4-5-7-17(16)20-13(2)21-18/h8-11H,3-7,12H2,1-2H3,(H,19,20,21). The largest absolute Gasteiger partial charge is 0.366 e. The van der Waals surface area contributed by atoms with Crippen LogP contribution in [0.25, 0.3) is 0 Å². The van der Waals surface area contributed by atoms with E-state index in [1.165, 1.54) is 24.1 Å². The van der Waals surface area contributed by atoms with Gasteiger partial charge in [0.05, 0.1) is 10.6 Å². The molecule has 0 saturated carbocycles. The van der Waals surface area contributed by atoms with Crippen molar-refractivity contribution >= 4 is 15.7 Å². The first kappa shape index (κ1) is 16.9. The van der Waals surface area contributed by atoms with Crippen LogP contribution in [-0.2, 0) is 29.2 Å². The number of rotatable bonds is 5. The summed E-state index contributed by atoms with van der Waals surface area (Å²) in [5.74, 6) is 1.83. The molecule has 0 bridgehead atoms. The molecule has 1 aromatic carbocycles. The quantitative estimate of drug-likeness (QED) is 0.902. The molecule has 1 aromatic heterocycles. The van der Waals surface area contributed by atoms with Crippen molar-refractivity contribution in [3.63, 3.8) is 0 Å². The van der Waals surface area contributed by atoms with E-state index >= 15 is 0 Å². The van der Waals surface area contributed by atoms with Gasteiger partial charge < -0.3 is 5.32 Å². The highest BCUT2D eigenvalue weighted by molar-refractivity contribution is 7.91. The zero-order valence-corrected chi connectivity index (χ0v) is 15.0. The Kier molecular flexibility index (Phi) is 4.85. The third-order valence-corrected chi connectivity index (χ3v) is 6.17.